The van der Waals surface area contributed by atoms with Gasteiger partial charge in [0.2, 0.25) is 0 Å². The molecule has 6 nitrogen and oxygen atoms in total. The SMILES string of the molecule is O=C(c1cnccn1)N1C[C@H]2CN(Cc3ccncc3)C[C@H]2C1. The quantitative estimate of drug-likeness (QED) is 0.849. The maximum atomic E-state index is 12.5. The van der Waals surface area contributed by atoms with Crippen LogP contribution in [-0.2, 0) is 6.54 Å². The molecule has 2 atom stereocenters. The smallest absolute Gasteiger partial charge is 0.274 e. The van der Waals surface area contributed by atoms with E-state index in [1.165, 1.54) is 5.56 Å². The highest BCUT2D eigenvalue weighted by Gasteiger charge is 2.41. The number of carbonyl (C=O) groups excluding carboxylic acids is 1. The van der Waals surface area contributed by atoms with Crippen molar-refractivity contribution in [2.45, 2.75) is 6.54 Å². The highest BCUT2D eigenvalue weighted by atomic mass is 16.2. The zero-order valence-corrected chi connectivity index (χ0v) is 12.9. The molecule has 118 valence electrons. The third-order valence-electron chi connectivity index (χ3n) is 4.79. The molecule has 23 heavy (non-hydrogen) atoms. The van der Waals surface area contributed by atoms with Crippen LogP contribution in [0.15, 0.2) is 43.1 Å². The molecule has 0 radical (unpaired) electrons. The lowest BCUT2D eigenvalue weighted by Crippen LogP contribution is -2.33. The largest absolute Gasteiger partial charge is 0.337 e. The summed E-state index contributed by atoms with van der Waals surface area (Å²) in [5, 5.41) is 0. The van der Waals surface area contributed by atoms with Gasteiger partial charge in [0.15, 0.2) is 0 Å². The summed E-state index contributed by atoms with van der Waals surface area (Å²) < 4.78 is 0. The Morgan fingerprint density at radius 1 is 1.00 bits per heavy atom. The average molecular weight is 309 g/mol. The van der Waals surface area contributed by atoms with Gasteiger partial charge < -0.3 is 4.90 Å². The summed E-state index contributed by atoms with van der Waals surface area (Å²) in [5.41, 5.74) is 1.74. The van der Waals surface area contributed by atoms with E-state index in [1.54, 1.807) is 18.6 Å². The van der Waals surface area contributed by atoms with E-state index in [0.717, 1.165) is 32.7 Å². The molecule has 2 aromatic rings. The second-order valence-corrected chi connectivity index (χ2v) is 6.37. The number of nitrogens with zero attached hydrogens (tertiary/aromatic N) is 5. The van der Waals surface area contributed by atoms with Crippen LogP contribution < -0.4 is 0 Å². The van der Waals surface area contributed by atoms with Gasteiger partial charge in [-0.25, -0.2) is 4.98 Å². The van der Waals surface area contributed by atoms with E-state index < -0.39 is 0 Å². The van der Waals surface area contributed by atoms with Crippen molar-refractivity contribution in [2.75, 3.05) is 26.2 Å². The van der Waals surface area contributed by atoms with Gasteiger partial charge in [-0.15, -0.1) is 0 Å². The predicted molar refractivity (Wildman–Crippen MR) is 84.4 cm³/mol. The van der Waals surface area contributed by atoms with Crippen molar-refractivity contribution in [2.24, 2.45) is 11.8 Å². The van der Waals surface area contributed by atoms with Gasteiger partial charge >= 0.3 is 0 Å². The Balaban J connectivity index is 1.36. The molecular weight excluding hydrogens is 290 g/mol. The summed E-state index contributed by atoms with van der Waals surface area (Å²) in [4.78, 5) is 29.0. The van der Waals surface area contributed by atoms with Gasteiger partial charge in [-0.2, -0.15) is 0 Å². The molecule has 1 amide bonds. The third-order valence-corrected chi connectivity index (χ3v) is 4.79. The van der Waals surface area contributed by atoms with Crippen molar-refractivity contribution in [3.8, 4) is 0 Å². The van der Waals surface area contributed by atoms with Gasteiger partial charge in [-0.1, -0.05) is 0 Å². The highest BCUT2D eigenvalue weighted by Crippen LogP contribution is 2.32. The molecule has 4 rings (SSSR count). The second-order valence-electron chi connectivity index (χ2n) is 6.37. The minimum atomic E-state index is 0.00758. The summed E-state index contributed by atoms with van der Waals surface area (Å²) in [7, 11) is 0. The molecule has 2 aliphatic rings. The number of pyridine rings is 1. The van der Waals surface area contributed by atoms with E-state index in [4.69, 9.17) is 0 Å². The van der Waals surface area contributed by atoms with Gasteiger partial charge in [0, 0.05) is 57.5 Å². The summed E-state index contributed by atoms with van der Waals surface area (Å²) in [5.74, 6) is 1.14. The number of rotatable bonds is 3. The first-order chi connectivity index (χ1) is 11.3. The minimum absolute atomic E-state index is 0.00758. The number of carbonyl (C=O) groups is 1. The van der Waals surface area contributed by atoms with Gasteiger partial charge in [0.1, 0.15) is 5.69 Å². The van der Waals surface area contributed by atoms with Crippen LogP contribution in [0.1, 0.15) is 16.1 Å². The molecule has 0 saturated carbocycles. The van der Waals surface area contributed by atoms with Crippen LogP contribution in [0.25, 0.3) is 0 Å². The molecule has 2 aliphatic heterocycles. The molecular formula is C17H19N5O. The number of aromatic nitrogens is 3. The normalized spacial score (nSPS) is 23.9. The fourth-order valence-electron chi connectivity index (χ4n) is 3.70. The maximum absolute atomic E-state index is 12.5. The van der Waals surface area contributed by atoms with Crippen LogP contribution in [0.5, 0.6) is 0 Å². The molecule has 0 spiro atoms. The lowest BCUT2D eigenvalue weighted by atomic mass is 10.0. The topological polar surface area (TPSA) is 62.2 Å². The predicted octanol–water partition coefficient (Wildman–Crippen LogP) is 1.08. The van der Waals surface area contributed by atoms with Crippen LogP contribution >= 0.6 is 0 Å². The Kier molecular flexibility index (Phi) is 3.75. The van der Waals surface area contributed by atoms with Gasteiger partial charge in [-0.3, -0.25) is 19.7 Å². The van der Waals surface area contributed by atoms with Crippen LogP contribution in [0, 0.1) is 11.8 Å². The number of fused-ring (bicyclic) bond motifs is 1. The summed E-state index contributed by atoms with van der Waals surface area (Å²) >= 11 is 0. The third kappa shape index (κ3) is 2.94. The Morgan fingerprint density at radius 3 is 2.39 bits per heavy atom. The minimum Gasteiger partial charge on any atom is -0.337 e. The molecule has 4 heterocycles. The van der Waals surface area contributed by atoms with Crippen LogP contribution in [-0.4, -0.2) is 56.8 Å². The fraction of sp³-hybridized carbons (Fsp3) is 0.412. The Hall–Kier alpha value is -2.34. The Labute approximate surface area is 135 Å². The van der Waals surface area contributed by atoms with Gasteiger partial charge in [-0.05, 0) is 29.5 Å². The fourth-order valence-corrected chi connectivity index (χ4v) is 3.70. The molecule has 0 bridgehead atoms. The molecule has 0 aliphatic carbocycles. The number of amides is 1. The zero-order valence-electron chi connectivity index (χ0n) is 12.9. The van der Waals surface area contributed by atoms with E-state index in [1.807, 2.05) is 17.3 Å². The van der Waals surface area contributed by atoms with E-state index in [2.05, 4.69) is 32.0 Å². The van der Waals surface area contributed by atoms with Gasteiger partial charge in [0.05, 0.1) is 6.20 Å². The summed E-state index contributed by atoms with van der Waals surface area (Å²) in [6, 6.07) is 4.13. The molecule has 2 saturated heterocycles. The van der Waals surface area contributed by atoms with Crippen molar-refractivity contribution < 1.29 is 4.79 Å². The van der Waals surface area contributed by atoms with Crippen LogP contribution in [0.3, 0.4) is 0 Å². The summed E-state index contributed by atoms with van der Waals surface area (Å²) in [6.45, 7) is 4.72. The van der Waals surface area contributed by atoms with Crippen molar-refractivity contribution >= 4 is 5.91 Å². The van der Waals surface area contributed by atoms with Crippen molar-refractivity contribution in [3.05, 3.63) is 54.4 Å². The molecule has 0 aromatic carbocycles. The van der Waals surface area contributed by atoms with E-state index in [9.17, 15) is 4.79 Å². The van der Waals surface area contributed by atoms with Crippen molar-refractivity contribution in [1.29, 1.82) is 0 Å². The summed E-state index contributed by atoms with van der Waals surface area (Å²) in [6.07, 6.45) is 8.39. The highest BCUT2D eigenvalue weighted by molar-refractivity contribution is 5.92. The second kappa shape index (κ2) is 6.04. The monoisotopic (exact) mass is 309 g/mol. The zero-order chi connectivity index (χ0) is 15.6. The number of likely N-dealkylation sites (tertiary alicyclic amines) is 2. The first-order valence-corrected chi connectivity index (χ1v) is 7.96. The van der Waals surface area contributed by atoms with Crippen LogP contribution in [0.4, 0.5) is 0 Å². The average Bonchev–Trinajstić information content (AvgIpc) is 3.14. The first-order valence-electron chi connectivity index (χ1n) is 7.96. The van der Waals surface area contributed by atoms with Crippen LogP contribution in [0.2, 0.25) is 0 Å². The standard InChI is InChI=1S/C17H19N5O/c23-17(16-7-19-5-6-20-16)22-11-14-9-21(10-15(14)12-22)8-13-1-3-18-4-2-13/h1-7,14-15H,8-12H2/t14-,15+. The molecule has 2 aromatic heterocycles. The Bertz CT molecular complexity index is 664. The molecule has 2 fully saturated rings. The van der Waals surface area contributed by atoms with Crippen molar-refractivity contribution in [3.63, 3.8) is 0 Å². The lowest BCUT2D eigenvalue weighted by molar-refractivity contribution is 0.0767. The molecule has 0 unspecified atom stereocenters. The maximum Gasteiger partial charge on any atom is 0.274 e. The van der Waals surface area contributed by atoms with E-state index in [-0.39, 0.29) is 5.91 Å². The Morgan fingerprint density at radius 2 is 1.74 bits per heavy atom. The molecule has 0 N–H and O–H groups in total. The van der Waals surface area contributed by atoms with E-state index in [0.29, 0.717) is 17.5 Å². The lowest BCUT2D eigenvalue weighted by Gasteiger charge is -2.21. The van der Waals surface area contributed by atoms with E-state index >= 15 is 0 Å². The van der Waals surface area contributed by atoms with Crippen molar-refractivity contribution in [1.82, 2.24) is 24.8 Å². The van der Waals surface area contributed by atoms with Gasteiger partial charge in [0.25, 0.3) is 5.91 Å². The molecule has 6 heteroatoms. The number of hydrogen-bond acceptors (Lipinski definition) is 5. The first kappa shape index (κ1) is 14.3. The number of hydrogen-bond donors (Lipinski definition) is 0.